The molecule has 0 aliphatic heterocycles. The Morgan fingerprint density at radius 2 is 2.06 bits per heavy atom. The van der Waals surface area contributed by atoms with Crippen molar-refractivity contribution < 1.29 is 14.0 Å². The van der Waals surface area contributed by atoms with Gasteiger partial charge in [-0.25, -0.2) is 9.18 Å². The van der Waals surface area contributed by atoms with E-state index >= 15 is 0 Å². The Kier molecular flexibility index (Phi) is 3.33. The molecule has 0 saturated carbocycles. The lowest BCUT2D eigenvalue weighted by Crippen LogP contribution is -2.15. The molecule has 0 aliphatic carbocycles. The van der Waals surface area contributed by atoms with Gasteiger partial charge in [-0.05, 0) is 30.3 Å². The highest BCUT2D eigenvalue weighted by Gasteiger charge is 2.08. The van der Waals surface area contributed by atoms with E-state index in [1.165, 1.54) is 36.5 Å². The van der Waals surface area contributed by atoms with E-state index in [0.717, 1.165) is 0 Å². The average molecular weight is 248 g/mol. The van der Waals surface area contributed by atoms with Crippen LogP contribution in [0.3, 0.4) is 0 Å². The third-order valence-corrected chi connectivity index (χ3v) is 2.09. The Balaban J connectivity index is 2.05. The first-order valence-electron chi connectivity index (χ1n) is 4.97. The third-order valence-electron chi connectivity index (χ3n) is 2.09. The number of hydrogen-bond donors (Lipinski definition) is 2. The molecule has 2 aromatic rings. The molecule has 6 nitrogen and oxygen atoms in total. The minimum absolute atomic E-state index is 0.0251. The molecule has 2 rings (SSSR count). The molecule has 0 unspecified atom stereocenters. The fourth-order valence-corrected chi connectivity index (χ4v) is 1.18. The van der Waals surface area contributed by atoms with Crippen molar-refractivity contribution in [2.75, 3.05) is 0 Å². The second kappa shape index (κ2) is 5.09. The minimum atomic E-state index is -0.711. The van der Waals surface area contributed by atoms with Gasteiger partial charge >= 0.3 is 5.97 Å². The van der Waals surface area contributed by atoms with Gasteiger partial charge in [-0.2, -0.15) is 5.10 Å². The van der Waals surface area contributed by atoms with Gasteiger partial charge in [-0.1, -0.05) is 5.16 Å². The summed E-state index contributed by atoms with van der Waals surface area (Å²) in [5.74, 6) is -1.12. The molecule has 0 amide bonds. The lowest BCUT2D eigenvalue weighted by molar-refractivity contribution is 0.0509. The number of nitrogens with zero attached hydrogens (tertiary/aromatic N) is 2. The Morgan fingerprint density at radius 1 is 1.33 bits per heavy atom. The topological polar surface area (TPSA) is 93.4 Å². The maximum absolute atomic E-state index is 12.7. The molecule has 0 saturated heterocycles. The van der Waals surface area contributed by atoms with E-state index in [2.05, 4.69) is 20.2 Å². The maximum atomic E-state index is 12.7. The molecule has 18 heavy (non-hydrogen) atoms. The monoisotopic (exact) mass is 248 g/mol. The molecule has 0 aliphatic rings. The predicted molar refractivity (Wildman–Crippen MR) is 61.1 cm³/mol. The predicted octanol–water partition coefficient (Wildman–Crippen LogP) is 1.03. The second-order valence-electron chi connectivity index (χ2n) is 3.33. The van der Waals surface area contributed by atoms with Gasteiger partial charge in [0.15, 0.2) is 5.84 Å². The largest absolute Gasteiger partial charge is 0.383 e. The summed E-state index contributed by atoms with van der Waals surface area (Å²) in [6, 6.07) is 6.76. The lowest BCUT2D eigenvalue weighted by atomic mass is 10.2. The smallest absolute Gasteiger partial charge is 0.380 e. The number of aromatic nitrogens is 2. The molecule has 0 fully saturated rings. The summed E-state index contributed by atoms with van der Waals surface area (Å²) in [7, 11) is 0. The van der Waals surface area contributed by atoms with Crippen LogP contribution in [0.25, 0.3) is 0 Å². The van der Waals surface area contributed by atoms with Crippen molar-refractivity contribution in [1.29, 1.82) is 0 Å². The fourth-order valence-electron chi connectivity index (χ4n) is 1.18. The molecule has 1 heterocycles. The standard InChI is InChI=1S/C11H9FN4O2/c12-8-3-1-7(2-4-8)10(13)16-18-11(17)9-5-6-14-15-9/h1-6H,(H2,13,16)(H,14,15). The molecule has 1 aromatic carbocycles. The second-order valence-corrected chi connectivity index (χ2v) is 3.33. The van der Waals surface area contributed by atoms with Crippen LogP contribution >= 0.6 is 0 Å². The number of nitrogens with two attached hydrogens (primary N) is 1. The number of oxime groups is 1. The van der Waals surface area contributed by atoms with Gasteiger partial charge in [0, 0.05) is 11.8 Å². The molecule has 0 bridgehead atoms. The van der Waals surface area contributed by atoms with Crippen molar-refractivity contribution in [3.05, 3.63) is 53.6 Å². The van der Waals surface area contributed by atoms with Crippen LogP contribution in [0.4, 0.5) is 4.39 Å². The summed E-state index contributed by atoms with van der Waals surface area (Å²) < 4.78 is 12.7. The van der Waals surface area contributed by atoms with Crippen LogP contribution in [0.2, 0.25) is 0 Å². The highest BCUT2D eigenvalue weighted by atomic mass is 19.1. The zero-order chi connectivity index (χ0) is 13.0. The number of benzene rings is 1. The number of H-pyrrole nitrogens is 1. The highest BCUT2D eigenvalue weighted by Crippen LogP contribution is 2.03. The Hall–Kier alpha value is -2.70. The van der Waals surface area contributed by atoms with E-state index in [4.69, 9.17) is 5.73 Å². The Bertz CT molecular complexity index is 563. The molecule has 0 spiro atoms. The number of halogens is 1. The number of amidine groups is 1. The zero-order valence-corrected chi connectivity index (χ0v) is 9.13. The van der Waals surface area contributed by atoms with Crippen LogP contribution in [0.15, 0.2) is 41.7 Å². The fraction of sp³-hybridized carbons (Fsp3) is 0. The van der Waals surface area contributed by atoms with E-state index in [-0.39, 0.29) is 17.3 Å². The number of carbonyl (C=O) groups is 1. The Morgan fingerprint density at radius 3 is 2.67 bits per heavy atom. The Labute approximate surface area is 101 Å². The van der Waals surface area contributed by atoms with Crippen molar-refractivity contribution in [1.82, 2.24) is 10.2 Å². The van der Waals surface area contributed by atoms with Gasteiger partial charge in [-0.15, -0.1) is 0 Å². The quantitative estimate of drug-likeness (QED) is 0.367. The van der Waals surface area contributed by atoms with E-state index in [0.29, 0.717) is 5.56 Å². The minimum Gasteiger partial charge on any atom is -0.380 e. The van der Waals surface area contributed by atoms with Crippen molar-refractivity contribution in [3.8, 4) is 0 Å². The van der Waals surface area contributed by atoms with E-state index in [9.17, 15) is 9.18 Å². The van der Waals surface area contributed by atoms with Crippen molar-refractivity contribution in [2.45, 2.75) is 0 Å². The SMILES string of the molecule is N/C(=N\OC(=O)c1ccn[nH]1)c1ccc(F)cc1. The molecular weight excluding hydrogens is 239 g/mol. The zero-order valence-electron chi connectivity index (χ0n) is 9.13. The van der Waals surface area contributed by atoms with Gasteiger partial charge in [-0.3, -0.25) is 5.10 Å². The molecule has 3 N–H and O–H groups in total. The number of carbonyl (C=O) groups excluding carboxylic acids is 1. The summed E-state index contributed by atoms with van der Waals surface area (Å²) in [4.78, 5) is 16.0. The van der Waals surface area contributed by atoms with Crippen molar-refractivity contribution >= 4 is 11.8 Å². The summed E-state index contributed by atoms with van der Waals surface area (Å²) in [5, 5.41) is 9.47. The molecule has 0 atom stereocenters. The molecule has 7 heteroatoms. The van der Waals surface area contributed by atoms with Gasteiger partial charge in [0.25, 0.3) is 0 Å². The van der Waals surface area contributed by atoms with Crippen molar-refractivity contribution in [2.24, 2.45) is 10.9 Å². The molecule has 1 aromatic heterocycles. The average Bonchev–Trinajstić information content (AvgIpc) is 2.90. The third kappa shape index (κ3) is 2.70. The van der Waals surface area contributed by atoms with Gasteiger partial charge < -0.3 is 10.6 Å². The van der Waals surface area contributed by atoms with Crippen LogP contribution in [-0.2, 0) is 4.84 Å². The molecular formula is C11H9FN4O2. The molecule has 0 radical (unpaired) electrons. The first kappa shape index (κ1) is 11.8. The van der Waals surface area contributed by atoms with E-state index < -0.39 is 5.97 Å². The first-order valence-corrected chi connectivity index (χ1v) is 4.97. The van der Waals surface area contributed by atoms with E-state index in [1.54, 1.807) is 0 Å². The number of rotatable bonds is 3. The van der Waals surface area contributed by atoms with Crippen LogP contribution in [0.5, 0.6) is 0 Å². The number of hydrogen-bond acceptors (Lipinski definition) is 4. The van der Waals surface area contributed by atoms with Gasteiger partial charge in [0.05, 0.1) is 0 Å². The van der Waals surface area contributed by atoms with Gasteiger partial charge in [0.1, 0.15) is 11.5 Å². The summed E-state index contributed by atoms with van der Waals surface area (Å²) in [5.41, 5.74) is 6.18. The number of nitrogens with one attached hydrogen (secondary N) is 1. The molecule has 92 valence electrons. The van der Waals surface area contributed by atoms with Gasteiger partial charge in [0.2, 0.25) is 0 Å². The lowest BCUT2D eigenvalue weighted by Gasteiger charge is -1.99. The maximum Gasteiger partial charge on any atom is 0.383 e. The van der Waals surface area contributed by atoms with Crippen LogP contribution < -0.4 is 5.73 Å². The number of aromatic amines is 1. The van der Waals surface area contributed by atoms with Crippen LogP contribution in [0.1, 0.15) is 16.1 Å². The summed E-state index contributed by atoms with van der Waals surface area (Å²) in [6.07, 6.45) is 1.41. The first-order chi connectivity index (χ1) is 8.66. The summed E-state index contributed by atoms with van der Waals surface area (Å²) in [6.45, 7) is 0. The normalized spacial score (nSPS) is 11.3. The summed E-state index contributed by atoms with van der Waals surface area (Å²) >= 11 is 0. The van der Waals surface area contributed by atoms with E-state index in [1.807, 2.05) is 0 Å². The van der Waals surface area contributed by atoms with Crippen LogP contribution in [-0.4, -0.2) is 22.0 Å². The van der Waals surface area contributed by atoms with Crippen molar-refractivity contribution in [3.63, 3.8) is 0 Å². The highest BCUT2D eigenvalue weighted by molar-refractivity contribution is 5.97. The van der Waals surface area contributed by atoms with Crippen LogP contribution in [0, 0.1) is 5.82 Å².